The number of hydrogen-bond donors (Lipinski definition) is 0. The average molecular weight is 320 g/mol. The molecule has 0 aromatic heterocycles. The van der Waals surface area contributed by atoms with Gasteiger partial charge < -0.3 is 9.64 Å². The summed E-state index contributed by atoms with van der Waals surface area (Å²) in [4.78, 5) is 16.3. The van der Waals surface area contributed by atoms with Crippen LogP contribution in [-0.4, -0.2) is 55.6 Å². The fourth-order valence-corrected chi connectivity index (χ4v) is 3.85. The minimum atomic E-state index is -0.168. The van der Waals surface area contributed by atoms with E-state index in [1.54, 1.807) is 19.2 Å². The predicted octanol–water partition coefficient (Wildman–Crippen LogP) is 2.29. The summed E-state index contributed by atoms with van der Waals surface area (Å²) in [6.45, 7) is 4.74. The molecular formula is C18H25FN2O2. The lowest BCUT2D eigenvalue weighted by Gasteiger charge is -2.39. The molecule has 126 valence electrons. The number of carbonyl (C=O) groups is 1. The van der Waals surface area contributed by atoms with E-state index in [0.717, 1.165) is 57.5 Å². The lowest BCUT2D eigenvalue weighted by atomic mass is 9.77. The van der Waals surface area contributed by atoms with Gasteiger partial charge in [0.15, 0.2) is 0 Å². The Balaban J connectivity index is 1.51. The molecule has 0 unspecified atom stereocenters. The highest BCUT2D eigenvalue weighted by Gasteiger charge is 2.41. The minimum absolute atomic E-state index is 0.103. The molecule has 0 radical (unpaired) electrons. The first-order valence-electron chi connectivity index (χ1n) is 8.34. The SMILES string of the molecule is COCC(=O)N1CCC2(CCN(Cc3cccc(F)c3)CC2)C1. The van der Waals surface area contributed by atoms with Gasteiger partial charge in [-0.25, -0.2) is 4.39 Å². The zero-order chi connectivity index (χ0) is 16.3. The zero-order valence-electron chi connectivity index (χ0n) is 13.8. The maximum absolute atomic E-state index is 13.3. The smallest absolute Gasteiger partial charge is 0.248 e. The van der Waals surface area contributed by atoms with Crippen LogP contribution < -0.4 is 0 Å². The van der Waals surface area contributed by atoms with Crippen molar-refractivity contribution < 1.29 is 13.9 Å². The summed E-state index contributed by atoms with van der Waals surface area (Å²) >= 11 is 0. The number of piperidine rings is 1. The third-order valence-corrected chi connectivity index (χ3v) is 5.27. The molecule has 1 spiro atoms. The monoisotopic (exact) mass is 320 g/mol. The third kappa shape index (κ3) is 3.90. The second-order valence-electron chi connectivity index (χ2n) is 6.90. The first kappa shape index (κ1) is 16.4. The number of rotatable bonds is 4. The van der Waals surface area contributed by atoms with Crippen molar-refractivity contribution in [3.8, 4) is 0 Å². The van der Waals surface area contributed by atoms with Crippen LogP contribution in [-0.2, 0) is 16.1 Å². The molecule has 4 nitrogen and oxygen atoms in total. The van der Waals surface area contributed by atoms with Crippen molar-refractivity contribution >= 4 is 5.91 Å². The van der Waals surface area contributed by atoms with Gasteiger partial charge in [-0.2, -0.15) is 0 Å². The molecule has 5 heteroatoms. The largest absolute Gasteiger partial charge is 0.375 e. The number of carbonyl (C=O) groups excluding carboxylic acids is 1. The molecule has 1 aromatic rings. The molecule has 2 aliphatic heterocycles. The zero-order valence-corrected chi connectivity index (χ0v) is 13.8. The van der Waals surface area contributed by atoms with Gasteiger partial charge in [0, 0.05) is 26.7 Å². The highest BCUT2D eigenvalue weighted by Crippen LogP contribution is 2.40. The first-order valence-corrected chi connectivity index (χ1v) is 8.34. The second-order valence-corrected chi connectivity index (χ2v) is 6.90. The van der Waals surface area contributed by atoms with Crippen LogP contribution in [0.5, 0.6) is 0 Å². The third-order valence-electron chi connectivity index (χ3n) is 5.27. The molecule has 0 saturated carbocycles. The molecule has 1 amide bonds. The van der Waals surface area contributed by atoms with Gasteiger partial charge in [0.1, 0.15) is 12.4 Å². The van der Waals surface area contributed by atoms with E-state index in [-0.39, 0.29) is 23.7 Å². The van der Waals surface area contributed by atoms with Crippen LogP contribution in [0.3, 0.4) is 0 Å². The van der Waals surface area contributed by atoms with Crippen molar-refractivity contribution in [2.45, 2.75) is 25.8 Å². The molecule has 1 aromatic carbocycles. The molecule has 2 saturated heterocycles. The number of methoxy groups -OCH3 is 1. The Morgan fingerprint density at radius 1 is 1.26 bits per heavy atom. The Labute approximate surface area is 137 Å². The van der Waals surface area contributed by atoms with Crippen molar-refractivity contribution in [1.82, 2.24) is 9.80 Å². The molecule has 23 heavy (non-hydrogen) atoms. The van der Waals surface area contributed by atoms with Gasteiger partial charge in [-0.15, -0.1) is 0 Å². The maximum atomic E-state index is 13.3. The lowest BCUT2D eigenvalue weighted by Crippen LogP contribution is -2.42. The van der Waals surface area contributed by atoms with Crippen molar-refractivity contribution in [1.29, 1.82) is 0 Å². The van der Waals surface area contributed by atoms with Crippen LogP contribution in [0.1, 0.15) is 24.8 Å². The molecule has 2 fully saturated rings. The number of amides is 1. The standard InChI is InChI=1S/C18H25FN2O2/c1-23-13-17(22)21-10-7-18(14-21)5-8-20(9-6-18)12-15-3-2-4-16(19)11-15/h2-4,11H,5-10,12-14H2,1H3. The van der Waals surface area contributed by atoms with Crippen molar-refractivity contribution in [3.63, 3.8) is 0 Å². The molecule has 3 rings (SSSR count). The van der Waals surface area contributed by atoms with E-state index in [1.165, 1.54) is 6.07 Å². The van der Waals surface area contributed by atoms with Crippen molar-refractivity contribution in [2.24, 2.45) is 5.41 Å². The van der Waals surface area contributed by atoms with Crippen LogP contribution in [0.15, 0.2) is 24.3 Å². The Kier molecular flexibility index (Phi) is 4.97. The fraction of sp³-hybridized carbons (Fsp3) is 0.611. The van der Waals surface area contributed by atoms with Crippen molar-refractivity contribution in [2.75, 3.05) is 39.9 Å². The van der Waals surface area contributed by atoms with Gasteiger partial charge in [-0.1, -0.05) is 12.1 Å². The molecular weight excluding hydrogens is 295 g/mol. The summed E-state index contributed by atoms with van der Waals surface area (Å²) in [6.07, 6.45) is 3.31. The number of halogens is 1. The van der Waals surface area contributed by atoms with E-state index in [0.29, 0.717) is 0 Å². The molecule has 0 atom stereocenters. The van der Waals surface area contributed by atoms with Gasteiger partial charge in [-0.05, 0) is 55.5 Å². The summed E-state index contributed by atoms with van der Waals surface area (Å²) in [5.41, 5.74) is 1.31. The maximum Gasteiger partial charge on any atom is 0.248 e. The Morgan fingerprint density at radius 2 is 2.00 bits per heavy atom. The summed E-state index contributed by atoms with van der Waals surface area (Å²) in [7, 11) is 1.56. The summed E-state index contributed by atoms with van der Waals surface area (Å²) < 4.78 is 18.2. The second kappa shape index (κ2) is 6.97. The van der Waals surface area contributed by atoms with E-state index >= 15 is 0 Å². The van der Waals surface area contributed by atoms with Gasteiger partial charge >= 0.3 is 0 Å². The summed E-state index contributed by atoms with van der Waals surface area (Å²) in [6, 6.07) is 6.85. The summed E-state index contributed by atoms with van der Waals surface area (Å²) in [5.74, 6) is -0.0642. The molecule has 2 aliphatic rings. The lowest BCUT2D eigenvalue weighted by molar-refractivity contribution is -0.134. The quantitative estimate of drug-likeness (QED) is 0.853. The van der Waals surface area contributed by atoms with Crippen LogP contribution in [0.4, 0.5) is 4.39 Å². The van der Waals surface area contributed by atoms with E-state index in [9.17, 15) is 9.18 Å². The number of hydrogen-bond acceptors (Lipinski definition) is 3. The summed E-state index contributed by atoms with van der Waals surface area (Å²) in [5, 5.41) is 0. The van der Waals surface area contributed by atoms with E-state index in [1.807, 2.05) is 11.0 Å². The first-order chi connectivity index (χ1) is 11.1. The topological polar surface area (TPSA) is 32.8 Å². The molecule has 0 N–H and O–H groups in total. The van der Waals surface area contributed by atoms with Gasteiger partial charge in [0.05, 0.1) is 0 Å². The van der Waals surface area contributed by atoms with E-state index < -0.39 is 0 Å². The number of ether oxygens (including phenoxy) is 1. The normalized spacial score (nSPS) is 21.0. The van der Waals surface area contributed by atoms with Crippen LogP contribution >= 0.6 is 0 Å². The Bertz CT molecular complexity index is 556. The van der Waals surface area contributed by atoms with Crippen LogP contribution in [0, 0.1) is 11.2 Å². The fourth-order valence-electron chi connectivity index (χ4n) is 3.85. The number of nitrogens with zero attached hydrogens (tertiary/aromatic N) is 2. The van der Waals surface area contributed by atoms with Crippen LogP contribution in [0.25, 0.3) is 0 Å². The highest BCUT2D eigenvalue weighted by atomic mass is 19.1. The highest BCUT2D eigenvalue weighted by molar-refractivity contribution is 5.77. The predicted molar refractivity (Wildman–Crippen MR) is 86.4 cm³/mol. The van der Waals surface area contributed by atoms with Gasteiger partial charge in [0.25, 0.3) is 0 Å². The van der Waals surface area contributed by atoms with Gasteiger partial charge in [0.2, 0.25) is 5.91 Å². The van der Waals surface area contributed by atoms with Crippen molar-refractivity contribution in [3.05, 3.63) is 35.6 Å². The number of benzene rings is 1. The minimum Gasteiger partial charge on any atom is -0.375 e. The van der Waals surface area contributed by atoms with Crippen LogP contribution in [0.2, 0.25) is 0 Å². The average Bonchev–Trinajstić information content (AvgIpc) is 2.94. The Hall–Kier alpha value is -1.46. The van der Waals surface area contributed by atoms with E-state index in [4.69, 9.17) is 4.74 Å². The molecule has 2 heterocycles. The van der Waals surface area contributed by atoms with E-state index in [2.05, 4.69) is 4.90 Å². The van der Waals surface area contributed by atoms with Gasteiger partial charge in [-0.3, -0.25) is 9.69 Å². The Morgan fingerprint density at radius 3 is 2.70 bits per heavy atom. The molecule has 0 bridgehead atoms. The number of likely N-dealkylation sites (tertiary alicyclic amines) is 2. The molecule has 0 aliphatic carbocycles.